The van der Waals surface area contributed by atoms with Gasteiger partial charge in [-0.15, -0.1) is 0 Å². The minimum Gasteiger partial charge on any atom is -0.381 e. The molecule has 0 saturated carbocycles. The minimum atomic E-state index is -0.143. The Bertz CT molecular complexity index is 661. The van der Waals surface area contributed by atoms with Crippen molar-refractivity contribution in [2.24, 2.45) is 5.92 Å². The fraction of sp³-hybridized carbons (Fsp3) is 0.619. The number of amides is 2. The summed E-state index contributed by atoms with van der Waals surface area (Å²) in [7, 11) is 0. The van der Waals surface area contributed by atoms with E-state index >= 15 is 0 Å². The third-order valence-electron chi connectivity index (χ3n) is 6.60. The van der Waals surface area contributed by atoms with Crippen molar-refractivity contribution in [3.8, 4) is 0 Å². The maximum atomic E-state index is 12.7. The topological polar surface area (TPSA) is 49.9 Å². The summed E-state index contributed by atoms with van der Waals surface area (Å²) in [6, 6.07) is 10.4. The molecule has 3 fully saturated rings. The van der Waals surface area contributed by atoms with E-state index < -0.39 is 0 Å². The first kappa shape index (κ1) is 17.5. The molecule has 5 heteroatoms. The molecule has 0 N–H and O–H groups in total. The third-order valence-corrected chi connectivity index (χ3v) is 6.60. The van der Waals surface area contributed by atoms with Crippen molar-refractivity contribution >= 4 is 11.8 Å². The number of ether oxygens (including phenoxy) is 1. The molecule has 2 amide bonds. The maximum absolute atomic E-state index is 12.7. The number of carbonyl (C=O) groups is 2. The van der Waals surface area contributed by atoms with Crippen LogP contribution in [0.2, 0.25) is 0 Å². The molecule has 0 radical (unpaired) electrons. The maximum Gasteiger partial charge on any atom is 0.228 e. The Hall–Kier alpha value is -1.88. The Labute approximate surface area is 155 Å². The number of nitrogens with zero attached hydrogens (tertiary/aromatic N) is 2. The van der Waals surface area contributed by atoms with E-state index in [0.717, 1.165) is 38.9 Å². The Morgan fingerprint density at radius 1 is 1.23 bits per heavy atom. The van der Waals surface area contributed by atoms with Crippen LogP contribution in [0.1, 0.15) is 44.1 Å². The number of likely N-dealkylation sites (tertiary alicyclic amines) is 2. The molecule has 140 valence electrons. The number of rotatable bonds is 3. The monoisotopic (exact) mass is 356 g/mol. The van der Waals surface area contributed by atoms with Crippen molar-refractivity contribution in [3.05, 3.63) is 35.9 Å². The Kier molecular flexibility index (Phi) is 4.74. The normalized spacial score (nSPS) is 28.1. The van der Waals surface area contributed by atoms with Gasteiger partial charge in [-0.2, -0.15) is 0 Å². The Morgan fingerprint density at radius 2 is 1.96 bits per heavy atom. The van der Waals surface area contributed by atoms with Crippen LogP contribution in [-0.4, -0.2) is 60.0 Å². The van der Waals surface area contributed by atoms with Crippen molar-refractivity contribution in [3.63, 3.8) is 0 Å². The van der Waals surface area contributed by atoms with Gasteiger partial charge in [0.25, 0.3) is 0 Å². The quantitative estimate of drug-likeness (QED) is 0.836. The SMILES string of the molecule is CCN1C(=O)C[C@@H](c2ccccc2)C12CCN(C(=O)[C@@H]1CCOC1)CC2. The van der Waals surface area contributed by atoms with Crippen LogP contribution in [0.5, 0.6) is 0 Å². The van der Waals surface area contributed by atoms with Gasteiger partial charge in [0.2, 0.25) is 11.8 Å². The summed E-state index contributed by atoms with van der Waals surface area (Å²) in [4.78, 5) is 29.5. The van der Waals surface area contributed by atoms with Gasteiger partial charge in [0, 0.05) is 38.6 Å². The average Bonchev–Trinajstić information content (AvgIpc) is 3.30. The molecular weight excluding hydrogens is 328 g/mol. The molecule has 3 aliphatic heterocycles. The van der Waals surface area contributed by atoms with Crippen molar-refractivity contribution in [1.82, 2.24) is 9.80 Å². The van der Waals surface area contributed by atoms with E-state index in [-0.39, 0.29) is 29.2 Å². The molecule has 2 atom stereocenters. The molecule has 4 rings (SSSR count). The second-order valence-electron chi connectivity index (χ2n) is 7.79. The summed E-state index contributed by atoms with van der Waals surface area (Å²) < 4.78 is 5.39. The summed E-state index contributed by atoms with van der Waals surface area (Å²) >= 11 is 0. The van der Waals surface area contributed by atoms with Crippen LogP contribution in [-0.2, 0) is 14.3 Å². The number of hydrogen-bond donors (Lipinski definition) is 0. The molecule has 26 heavy (non-hydrogen) atoms. The number of hydrogen-bond acceptors (Lipinski definition) is 3. The highest BCUT2D eigenvalue weighted by molar-refractivity contribution is 5.82. The lowest BCUT2D eigenvalue weighted by molar-refractivity contribution is -0.139. The molecule has 0 bridgehead atoms. The van der Waals surface area contributed by atoms with Gasteiger partial charge in [0.15, 0.2) is 0 Å². The molecule has 1 aromatic carbocycles. The molecular formula is C21H28N2O3. The highest BCUT2D eigenvalue weighted by Gasteiger charge is 2.54. The summed E-state index contributed by atoms with van der Waals surface area (Å²) in [6.07, 6.45) is 3.16. The van der Waals surface area contributed by atoms with Gasteiger partial charge in [-0.25, -0.2) is 0 Å². The lowest BCUT2D eigenvalue weighted by Gasteiger charge is -2.48. The second-order valence-corrected chi connectivity index (χ2v) is 7.79. The summed E-state index contributed by atoms with van der Waals surface area (Å²) in [5, 5.41) is 0. The van der Waals surface area contributed by atoms with Crippen LogP contribution in [0.15, 0.2) is 30.3 Å². The van der Waals surface area contributed by atoms with Gasteiger partial charge in [-0.1, -0.05) is 30.3 Å². The van der Waals surface area contributed by atoms with E-state index in [1.54, 1.807) is 0 Å². The van der Waals surface area contributed by atoms with Crippen LogP contribution < -0.4 is 0 Å². The lowest BCUT2D eigenvalue weighted by Crippen LogP contribution is -2.56. The first-order chi connectivity index (χ1) is 12.7. The van der Waals surface area contributed by atoms with Gasteiger partial charge in [-0.05, 0) is 31.7 Å². The fourth-order valence-corrected chi connectivity index (χ4v) is 5.24. The lowest BCUT2D eigenvalue weighted by atomic mass is 9.73. The van der Waals surface area contributed by atoms with E-state index in [1.807, 2.05) is 11.0 Å². The zero-order chi connectivity index (χ0) is 18.1. The fourth-order valence-electron chi connectivity index (χ4n) is 5.24. The Balaban J connectivity index is 1.55. The highest BCUT2D eigenvalue weighted by Crippen LogP contribution is 2.48. The summed E-state index contributed by atoms with van der Waals surface area (Å²) in [6.45, 7) is 5.55. The van der Waals surface area contributed by atoms with E-state index in [9.17, 15) is 9.59 Å². The first-order valence-electron chi connectivity index (χ1n) is 9.87. The zero-order valence-electron chi connectivity index (χ0n) is 15.5. The second kappa shape index (κ2) is 7.03. The van der Waals surface area contributed by atoms with E-state index in [2.05, 4.69) is 36.1 Å². The minimum absolute atomic E-state index is 0.0291. The zero-order valence-corrected chi connectivity index (χ0v) is 15.5. The standard InChI is InChI=1S/C21H28N2O3/c1-2-23-19(24)14-18(16-6-4-3-5-7-16)21(23)9-11-22(12-10-21)20(25)17-8-13-26-15-17/h3-7,17-18H,2,8-15H2,1H3/t17-,18+/m1/s1. The van der Waals surface area contributed by atoms with Gasteiger partial charge in [0.1, 0.15) is 0 Å². The smallest absolute Gasteiger partial charge is 0.228 e. The number of carbonyl (C=O) groups excluding carboxylic acids is 2. The van der Waals surface area contributed by atoms with Crippen molar-refractivity contribution in [1.29, 1.82) is 0 Å². The number of benzene rings is 1. The highest BCUT2D eigenvalue weighted by atomic mass is 16.5. The van der Waals surface area contributed by atoms with Crippen molar-refractivity contribution < 1.29 is 14.3 Å². The van der Waals surface area contributed by atoms with Gasteiger partial charge in [-0.3, -0.25) is 9.59 Å². The van der Waals surface area contributed by atoms with Gasteiger partial charge >= 0.3 is 0 Å². The summed E-state index contributed by atoms with van der Waals surface area (Å²) in [5.41, 5.74) is 1.11. The molecule has 0 aliphatic carbocycles. The van der Waals surface area contributed by atoms with E-state index in [0.29, 0.717) is 19.6 Å². The van der Waals surface area contributed by atoms with Crippen LogP contribution in [0, 0.1) is 5.92 Å². The molecule has 3 aliphatic rings. The number of piperidine rings is 1. The van der Waals surface area contributed by atoms with Gasteiger partial charge < -0.3 is 14.5 Å². The molecule has 5 nitrogen and oxygen atoms in total. The van der Waals surface area contributed by atoms with Crippen LogP contribution in [0.3, 0.4) is 0 Å². The summed E-state index contributed by atoms with van der Waals surface area (Å²) in [5.74, 6) is 0.746. The first-order valence-corrected chi connectivity index (χ1v) is 9.87. The molecule has 1 spiro atoms. The van der Waals surface area contributed by atoms with E-state index in [4.69, 9.17) is 4.74 Å². The van der Waals surface area contributed by atoms with Crippen LogP contribution >= 0.6 is 0 Å². The van der Waals surface area contributed by atoms with Crippen molar-refractivity contribution in [2.45, 2.75) is 44.1 Å². The molecule has 3 heterocycles. The molecule has 0 unspecified atom stereocenters. The van der Waals surface area contributed by atoms with Gasteiger partial charge in [0.05, 0.1) is 18.1 Å². The number of likely N-dealkylation sites (N-methyl/N-ethyl adjacent to an activating group) is 1. The predicted molar refractivity (Wildman–Crippen MR) is 98.7 cm³/mol. The average molecular weight is 356 g/mol. The molecule has 3 saturated heterocycles. The largest absolute Gasteiger partial charge is 0.381 e. The predicted octanol–water partition coefficient (Wildman–Crippen LogP) is 2.42. The van der Waals surface area contributed by atoms with Crippen molar-refractivity contribution in [2.75, 3.05) is 32.8 Å². The van der Waals surface area contributed by atoms with Crippen LogP contribution in [0.25, 0.3) is 0 Å². The van der Waals surface area contributed by atoms with Crippen LogP contribution in [0.4, 0.5) is 0 Å². The molecule has 0 aromatic heterocycles. The Morgan fingerprint density at radius 3 is 2.58 bits per heavy atom. The van der Waals surface area contributed by atoms with E-state index in [1.165, 1.54) is 5.56 Å². The third kappa shape index (κ3) is 2.82. The molecule has 1 aromatic rings.